The first-order valence-electron chi connectivity index (χ1n) is 9.22. The molecule has 1 amide bonds. The molecule has 0 unspecified atom stereocenters. The highest BCUT2D eigenvalue weighted by molar-refractivity contribution is 5.67. The minimum atomic E-state index is -0.570. The Bertz CT molecular complexity index is 985. The van der Waals surface area contributed by atoms with E-state index in [-0.39, 0.29) is 25.5 Å². The molecule has 1 N–H and O–H groups in total. The van der Waals surface area contributed by atoms with Crippen molar-refractivity contribution in [3.05, 3.63) is 93.4 Å². The lowest BCUT2D eigenvalue weighted by atomic mass is 10.0. The molecular weight excluding hydrogens is 372 g/mol. The summed E-state index contributed by atoms with van der Waals surface area (Å²) in [5.41, 5.74) is 3.21. The number of rotatable bonds is 8. The number of alkyl carbamates (subject to hydrolysis) is 1. The summed E-state index contributed by atoms with van der Waals surface area (Å²) in [7, 11) is 0. The Kier molecular flexibility index (Phi) is 6.57. The highest BCUT2D eigenvalue weighted by Gasteiger charge is 2.17. The van der Waals surface area contributed by atoms with Gasteiger partial charge in [0, 0.05) is 6.92 Å². The Balaban J connectivity index is 1.51. The average molecular weight is 394 g/mol. The molecule has 150 valence electrons. The van der Waals surface area contributed by atoms with E-state index in [0.717, 1.165) is 17.5 Å². The number of carbonyl (C=O) groups excluding carboxylic acids is 1. The fraction of sp³-hybridized carbons (Fsp3) is 0.238. The van der Waals surface area contributed by atoms with E-state index < -0.39 is 11.0 Å². The molecule has 0 aliphatic heterocycles. The molecule has 0 bridgehead atoms. The molecule has 3 rings (SSSR count). The third kappa shape index (κ3) is 5.41. The number of nitrogens with one attached hydrogen (secondary N) is 1. The summed E-state index contributed by atoms with van der Waals surface area (Å²) in [4.78, 5) is 26.4. The summed E-state index contributed by atoms with van der Waals surface area (Å²) in [6.07, 6.45) is 1.39. The highest BCUT2D eigenvalue weighted by atomic mass is 16.6. The molecule has 1 heterocycles. The Morgan fingerprint density at radius 2 is 1.83 bits per heavy atom. The number of amides is 1. The maximum Gasteiger partial charge on any atom is 0.407 e. The normalized spacial score (nSPS) is 10.5. The van der Waals surface area contributed by atoms with Crippen LogP contribution in [-0.4, -0.2) is 27.1 Å². The molecule has 0 radical (unpaired) electrons. The van der Waals surface area contributed by atoms with Gasteiger partial charge in [0.1, 0.15) is 19.3 Å². The van der Waals surface area contributed by atoms with Gasteiger partial charge in [-0.25, -0.2) is 14.3 Å². The zero-order valence-electron chi connectivity index (χ0n) is 16.1. The van der Waals surface area contributed by atoms with Crippen molar-refractivity contribution < 1.29 is 14.5 Å². The van der Waals surface area contributed by atoms with Crippen LogP contribution in [0.3, 0.4) is 0 Å². The molecule has 0 saturated carbocycles. The van der Waals surface area contributed by atoms with Gasteiger partial charge in [0.2, 0.25) is 0 Å². The lowest BCUT2D eigenvalue weighted by molar-refractivity contribution is -0.392. The lowest BCUT2D eigenvalue weighted by Gasteiger charge is -2.11. The second-order valence-electron chi connectivity index (χ2n) is 6.51. The summed E-state index contributed by atoms with van der Waals surface area (Å²) in [6.45, 7) is 2.26. The number of aromatic nitrogens is 2. The fourth-order valence-corrected chi connectivity index (χ4v) is 3.03. The number of aryl methyl sites for hydroxylation is 1. The lowest BCUT2D eigenvalue weighted by Crippen LogP contribution is -2.28. The van der Waals surface area contributed by atoms with Gasteiger partial charge in [-0.1, -0.05) is 54.6 Å². The van der Waals surface area contributed by atoms with Gasteiger partial charge in [0.25, 0.3) is 0 Å². The molecule has 0 spiro atoms. The number of hydrogen-bond donors (Lipinski definition) is 1. The van der Waals surface area contributed by atoms with E-state index in [1.54, 1.807) is 6.92 Å². The van der Waals surface area contributed by atoms with Crippen LogP contribution in [0.4, 0.5) is 10.6 Å². The molecule has 0 aliphatic carbocycles. The molecule has 0 aliphatic rings. The molecule has 8 nitrogen and oxygen atoms in total. The van der Waals surface area contributed by atoms with Crippen molar-refractivity contribution in [2.75, 3.05) is 6.54 Å². The number of benzene rings is 2. The first-order chi connectivity index (χ1) is 14.0. The van der Waals surface area contributed by atoms with E-state index in [0.29, 0.717) is 5.82 Å². The first kappa shape index (κ1) is 20.1. The van der Waals surface area contributed by atoms with Crippen LogP contribution in [-0.2, 0) is 24.3 Å². The molecule has 2 aromatic carbocycles. The molecular formula is C21H22N4O4. The molecule has 8 heteroatoms. The minimum absolute atomic E-state index is 0.104. The Hall–Kier alpha value is -3.68. The topological polar surface area (TPSA) is 99.3 Å². The van der Waals surface area contributed by atoms with Crippen LogP contribution in [0.5, 0.6) is 0 Å². The van der Waals surface area contributed by atoms with Gasteiger partial charge in [0.15, 0.2) is 5.82 Å². The van der Waals surface area contributed by atoms with Crippen LogP contribution < -0.4 is 5.32 Å². The monoisotopic (exact) mass is 394 g/mol. The van der Waals surface area contributed by atoms with E-state index in [4.69, 9.17) is 4.74 Å². The Labute approximate surface area is 168 Å². The van der Waals surface area contributed by atoms with Crippen molar-refractivity contribution in [3.8, 4) is 0 Å². The van der Waals surface area contributed by atoms with Crippen molar-refractivity contribution in [1.29, 1.82) is 0 Å². The van der Waals surface area contributed by atoms with Gasteiger partial charge in [-0.15, -0.1) is 0 Å². The third-order valence-corrected chi connectivity index (χ3v) is 4.54. The number of carbonyl (C=O) groups is 1. The molecule has 3 aromatic rings. The summed E-state index contributed by atoms with van der Waals surface area (Å²) < 4.78 is 6.76. The van der Waals surface area contributed by atoms with E-state index >= 15 is 0 Å². The highest BCUT2D eigenvalue weighted by Crippen LogP contribution is 2.16. The van der Waals surface area contributed by atoms with E-state index in [2.05, 4.69) is 22.4 Å². The van der Waals surface area contributed by atoms with Crippen molar-refractivity contribution in [3.63, 3.8) is 0 Å². The maximum absolute atomic E-state index is 12.0. The van der Waals surface area contributed by atoms with Gasteiger partial charge in [-0.2, -0.15) is 0 Å². The molecule has 0 fully saturated rings. The smallest absolute Gasteiger partial charge is 0.407 e. The summed E-state index contributed by atoms with van der Waals surface area (Å²) in [6, 6.07) is 17.9. The van der Waals surface area contributed by atoms with Crippen LogP contribution in [0.15, 0.2) is 60.8 Å². The maximum atomic E-state index is 12.0. The molecule has 29 heavy (non-hydrogen) atoms. The van der Waals surface area contributed by atoms with E-state index in [1.807, 2.05) is 42.5 Å². The van der Waals surface area contributed by atoms with Gasteiger partial charge in [-0.3, -0.25) is 0 Å². The van der Waals surface area contributed by atoms with Crippen LogP contribution in [0.25, 0.3) is 0 Å². The second-order valence-corrected chi connectivity index (χ2v) is 6.51. The summed E-state index contributed by atoms with van der Waals surface area (Å²) in [5, 5.41) is 13.6. The largest absolute Gasteiger partial charge is 0.445 e. The standard InChI is InChI=1S/C21H22N4O4/c1-16-23-14-20(25(27)28)24(16)12-11-22-21(26)29-15-19-10-6-5-9-18(19)13-17-7-3-2-4-8-17/h2-10,14H,11-13,15H2,1H3,(H,22,26). The first-order valence-corrected chi connectivity index (χ1v) is 9.22. The van der Waals surface area contributed by atoms with Gasteiger partial charge < -0.3 is 20.2 Å². The van der Waals surface area contributed by atoms with Crippen LogP contribution >= 0.6 is 0 Å². The van der Waals surface area contributed by atoms with Crippen LogP contribution in [0, 0.1) is 17.0 Å². The Morgan fingerprint density at radius 1 is 1.14 bits per heavy atom. The number of ether oxygens (including phenoxy) is 1. The predicted octanol–water partition coefficient (Wildman–Crippen LogP) is 3.62. The van der Waals surface area contributed by atoms with Crippen molar-refractivity contribution in [2.45, 2.75) is 26.5 Å². The fourth-order valence-electron chi connectivity index (χ4n) is 3.03. The zero-order chi connectivity index (χ0) is 20.6. The van der Waals surface area contributed by atoms with Crippen LogP contribution in [0.2, 0.25) is 0 Å². The average Bonchev–Trinajstić information content (AvgIpc) is 3.09. The predicted molar refractivity (Wildman–Crippen MR) is 107 cm³/mol. The molecule has 0 saturated heterocycles. The SMILES string of the molecule is Cc1ncc([N+](=O)[O-])n1CCNC(=O)OCc1ccccc1Cc1ccccc1. The quantitative estimate of drug-likeness (QED) is 0.465. The minimum Gasteiger partial charge on any atom is -0.445 e. The third-order valence-electron chi connectivity index (χ3n) is 4.54. The van der Waals surface area contributed by atoms with Crippen molar-refractivity contribution in [1.82, 2.24) is 14.9 Å². The number of nitro groups is 1. The van der Waals surface area contributed by atoms with Crippen molar-refractivity contribution in [2.24, 2.45) is 0 Å². The van der Waals surface area contributed by atoms with Crippen LogP contribution in [0.1, 0.15) is 22.5 Å². The molecule has 0 atom stereocenters. The summed E-state index contributed by atoms with van der Waals surface area (Å²) >= 11 is 0. The number of imidazole rings is 1. The Morgan fingerprint density at radius 3 is 2.55 bits per heavy atom. The van der Waals surface area contributed by atoms with E-state index in [1.165, 1.54) is 16.3 Å². The van der Waals surface area contributed by atoms with Crippen molar-refractivity contribution >= 4 is 11.9 Å². The molecule has 1 aromatic heterocycles. The van der Waals surface area contributed by atoms with Gasteiger partial charge >= 0.3 is 11.9 Å². The number of nitrogens with zero attached hydrogens (tertiary/aromatic N) is 3. The summed E-state index contributed by atoms with van der Waals surface area (Å²) in [5.74, 6) is 0.411. The second kappa shape index (κ2) is 9.50. The number of hydrogen-bond acceptors (Lipinski definition) is 5. The van der Waals surface area contributed by atoms with Gasteiger partial charge in [-0.05, 0) is 28.0 Å². The van der Waals surface area contributed by atoms with E-state index in [9.17, 15) is 14.9 Å². The van der Waals surface area contributed by atoms with Gasteiger partial charge in [0.05, 0.1) is 6.54 Å². The zero-order valence-corrected chi connectivity index (χ0v) is 16.1.